The van der Waals surface area contributed by atoms with Crippen LogP contribution in [0.1, 0.15) is 28.3 Å². The summed E-state index contributed by atoms with van der Waals surface area (Å²) in [5.74, 6) is 0. The van der Waals surface area contributed by atoms with Crippen molar-refractivity contribution in [2.45, 2.75) is 19.9 Å². The van der Waals surface area contributed by atoms with E-state index in [2.05, 4.69) is 72.6 Å². The van der Waals surface area contributed by atoms with Crippen LogP contribution in [-0.4, -0.2) is 42.0 Å². The molecule has 1 N–H and O–H groups in total. The highest BCUT2D eigenvalue weighted by Gasteiger charge is 2.29. The SMILES string of the molecule is Cc1ccc(C)c([C@H](c2ccccc2)N2CCN(C(=O)Nc3ccc(Cl)cc3)CC2)c1. The van der Waals surface area contributed by atoms with Gasteiger partial charge in [0, 0.05) is 36.9 Å². The number of carbonyl (C=O) groups excluding carboxylic acids is 1. The number of halogens is 1. The van der Waals surface area contributed by atoms with Gasteiger partial charge in [0.15, 0.2) is 0 Å². The Morgan fingerprint density at radius 3 is 2.26 bits per heavy atom. The Hall–Kier alpha value is -2.82. The quantitative estimate of drug-likeness (QED) is 0.556. The van der Waals surface area contributed by atoms with E-state index in [9.17, 15) is 4.79 Å². The predicted octanol–water partition coefficient (Wildman–Crippen LogP) is 5.90. The molecule has 1 atom stereocenters. The number of aryl methyl sites for hydroxylation is 2. The molecule has 5 heteroatoms. The maximum Gasteiger partial charge on any atom is 0.321 e. The monoisotopic (exact) mass is 433 g/mol. The molecule has 0 unspecified atom stereocenters. The van der Waals surface area contributed by atoms with Crippen LogP contribution >= 0.6 is 11.6 Å². The van der Waals surface area contributed by atoms with Gasteiger partial charge in [-0.15, -0.1) is 0 Å². The number of carbonyl (C=O) groups is 1. The predicted molar refractivity (Wildman–Crippen MR) is 128 cm³/mol. The van der Waals surface area contributed by atoms with Crippen molar-refractivity contribution in [2.75, 3.05) is 31.5 Å². The number of nitrogens with one attached hydrogen (secondary N) is 1. The van der Waals surface area contributed by atoms with Gasteiger partial charge in [-0.2, -0.15) is 0 Å². The van der Waals surface area contributed by atoms with E-state index in [-0.39, 0.29) is 12.1 Å². The molecule has 1 heterocycles. The van der Waals surface area contributed by atoms with Crippen LogP contribution in [0.4, 0.5) is 10.5 Å². The van der Waals surface area contributed by atoms with Crippen LogP contribution in [0, 0.1) is 13.8 Å². The number of hydrogen-bond acceptors (Lipinski definition) is 2. The third-order valence-corrected chi connectivity index (χ3v) is 6.16. The summed E-state index contributed by atoms with van der Waals surface area (Å²) < 4.78 is 0. The van der Waals surface area contributed by atoms with E-state index in [0.717, 1.165) is 18.8 Å². The van der Waals surface area contributed by atoms with Gasteiger partial charge in [-0.25, -0.2) is 4.79 Å². The minimum absolute atomic E-state index is 0.0648. The van der Waals surface area contributed by atoms with Gasteiger partial charge < -0.3 is 10.2 Å². The van der Waals surface area contributed by atoms with E-state index in [1.165, 1.54) is 22.3 Å². The van der Waals surface area contributed by atoms with Gasteiger partial charge in [-0.3, -0.25) is 4.90 Å². The molecule has 4 nitrogen and oxygen atoms in total. The normalized spacial score (nSPS) is 15.5. The molecule has 1 aliphatic heterocycles. The van der Waals surface area contributed by atoms with Crippen LogP contribution in [0.25, 0.3) is 0 Å². The number of benzene rings is 3. The molecular formula is C26H28ClN3O. The van der Waals surface area contributed by atoms with E-state index in [1.54, 1.807) is 12.1 Å². The molecular weight excluding hydrogens is 406 g/mol. The topological polar surface area (TPSA) is 35.6 Å². The largest absolute Gasteiger partial charge is 0.322 e. The lowest BCUT2D eigenvalue weighted by Gasteiger charge is -2.40. The molecule has 1 saturated heterocycles. The van der Waals surface area contributed by atoms with Gasteiger partial charge >= 0.3 is 6.03 Å². The third kappa shape index (κ3) is 5.09. The molecule has 2 amide bonds. The van der Waals surface area contributed by atoms with E-state index >= 15 is 0 Å². The minimum atomic E-state index is -0.0648. The minimum Gasteiger partial charge on any atom is -0.322 e. The Morgan fingerprint density at radius 2 is 1.58 bits per heavy atom. The number of anilines is 1. The van der Waals surface area contributed by atoms with Gasteiger partial charge in [0.25, 0.3) is 0 Å². The van der Waals surface area contributed by atoms with Crippen molar-refractivity contribution in [1.29, 1.82) is 0 Å². The molecule has 0 bridgehead atoms. The van der Waals surface area contributed by atoms with Crippen molar-refractivity contribution in [3.8, 4) is 0 Å². The maximum atomic E-state index is 12.7. The van der Waals surface area contributed by atoms with Gasteiger partial charge in [-0.1, -0.05) is 65.7 Å². The summed E-state index contributed by atoms with van der Waals surface area (Å²) in [6.07, 6.45) is 0. The number of piperazine rings is 1. The number of urea groups is 1. The molecule has 0 radical (unpaired) electrons. The molecule has 3 aromatic carbocycles. The zero-order valence-electron chi connectivity index (χ0n) is 18.0. The first-order valence-corrected chi connectivity index (χ1v) is 11.1. The highest BCUT2D eigenvalue weighted by molar-refractivity contribution is 6.30. The number of rotatable bonds is 4. The van der Waals surface area contributed by atoms with Gasteiger partial charge in [0.1, 0.15) is 0 Å². The van der Waals surface area contributed by atoms with Crippen LogP contribution in [0.3, 0.4) is 0 Å². The molecule has 3 aromatic rings. The lowest BCUT2D eigenvalue weighted by Crippen LogP contribution is -2.51. The molecule has 31 heavy (non-hydrogen) atoms. The summed E-state index contributed by atoms with van der Waals surface area (Å²) in [6.45, 7) is 7.34. The van der Waals surface area contributed by atoms with E-state index < -0.39 is 0 Å². The second kappa shape index (κ2) is 9.54. The van der Waals surface area contributed by atoms with E-state index in [4.69, 9.17) is 11.6 Å². The Balaban J connectivity index is 1.49. The van der Waals surface area contributed by atoms with Gasteiger partial charge in [0.2, 0.25) is 0 Å². The molecule has 1 aliphatic rings. The number of amides is 2. The fourth-order valence-corrected chi connectivity index (χ4v) is 4.32. The van der Waals surface area contributed by atoms with Crippen molar-refractivity contribution in [1.82, 2.24) is 9.80 Å². The average molecular weight is 434 g/mol. The number of nitrogens with zero attached hydrogens (tertiary/aromatic N) is 2. The summed E-state index contributed by atoms with van der Waals surface area (Å²) in [5, 5.41) is 3.63. The lowest BCUT2D eigenvalue weighted by molar-refractivity contribution is 0.126. The highest BCUT2D eigenvalue weighted by Crippen LogP contribution is 2.32. The van der Waals surface area contributed by atoms with Crippen molar-refractivity contribution in [3.05, 3.63) is 100 Å². The second-order valence-electron chi connectivity index (χ2n) is 8.13. The summed E-state index contributed by atoms with van der Waals surface area (Å²) in [5.41, 5.74) is 5.94. The first-order chi connectivity index (χ1) is 15.0. The molecule has 160 valence electrons. The summed E-state index contributed by atoms with van der Waals surface area (Å²) in [4.78, 5) is 17.1. The van der Waals surface area contributed by atoms with Crippen molar-refractivity contribution < 1.29 is 4.79 Å². The number of hydrogen-bond donors (Lipinski definition) is 1. The summed E-state index contributed by atoms with van der Waals surface area (Å²) in [7, 11) is 0. The lowest BCUT2D eigenvalue weighted by atomic mass is 9.92. The Kier molecular flexibility index (Phi) is 6.59. The smallest absolute Gasteiger partial charge is 0.321 e. The van der Waals surface area contributed by atoms with Crippen LogP contribution in [-0.2, 0) is 0 Å². The summed E-state index contributed by atoms with van der Waals surface area (Å²) >= 11 is 5.94. The van der Waals surface area contributed by atoms with E-state index in [0.29, 0.717) is 18.1 Å². The summed E-state index contributed by atoms with van der Waals surface area (Å²) in [6, 6.07) is 24.7. The zero-order valence-corrected chi connectivity index (χ0v) is 18.8. The van der Waals surface area contributed by atoms with Crippen LogP contribution < -0.4 is 5.32 Å². The fraction of sp³-hybridized carbons (Fsp3) is 0.269. The Labute approximate surface area is 189 Å². The van der Waals surface area contributed by atoms with Gasteiger partial charge in [0.05, 0.1) is 6.04 Å². The van der Waals surface area contributed by atoms with Gasteiger partial charge in [-0.05, 0) is 54.8 Å². The first-order valence-electron chi connectivity index (χ1n) is 10.7. The molecule has 0 aromatic heterocycles. The molecule has 0 aliphatic carbocycles. The zero-order chi connectivity index (χ0) is 21.8. The van der Waals surface area contributed by atoms with Crippen molar-refractivity contribution in [3.63, 3.8) is 0 Å². The fourth-order valence-electron chi connectivity index (χ4n) is 4.20. The molecule has 1 fully saturated rings. The maximum absolute atomic E-state index is 12.7. The first kappa shape index (κ1) is 21.4. The Bertz CT molecular complexity index is 1030. The highest BCUT2D eigenvalue weighted by atomic mass is 35.5. The second-order valence-corrected chi connectivity index (χ2v) is 8.57. The van der Waals surface area contributed by atoms with E-state index in [1.807, 2.05) is 17.0 Å². The molecule has 0 spiro atoms. The van der Waals surface area contributed by atoms with Crippen LogP contribution in [0.15, 0.2) is 72.8 Å². The van der Waals surface area contributed by atoms with Crippen molar-refractivity contribution >= 4 is 23.3 Å². The Morgan fingerprint density at radius 1 is 0.903 bits per heavy atom. The van der Waals surface area contributed by atoms with Crippen LogP contribution in [0.2, 0.25) is 5.02 Å². The standard InChI is InChI=1S/C26H28ClN3O/c1-19-8-9-20(2)24(18-19)25(21-6-4-3-5-7-21)29-14-16-30(17-15-29)26(31)28-23-12-10-22(27)11-13-23/h3-13,18,25H,14-17H2,1-2H3,(H,28,31)/t25-/m0/s1. The molecule has 4 rings (SSSR count). The average Bonchev–Trinajstić information content (AvgIpc) is 2.79. The third-order valence-electron chi connectivity index (χ3n) is 5.91. The van der Waals surface area contributed by atoms with Crippen LogP contribution in [0.5, 0.6) is 0 Å². The van der Waals surface area contributed by atoms with Crippen molar-refractivity contribution in [2.24, 2.45) is 0 Å². The molecule has 0 saturated carbocycles.